The molecule has 0 aromatic heterocycles. The number of hydrogen-bond acceptors (Lipinski definition) is 1. The largest absolute Gasteiger partial charge is 0.313 e. The van der Waals surface area contributed by atoms with E-state index >= 15 is 0 Å². The summed E-state index contributed by atoms with van der Waals surface area (Å²) >= 11 is 0. The first kappa shape index (κ1) is 14.0. The van der Waals surface area contributed by atoms with Crippen LogP contribution in [0.2, 0.25) is 0 Å². The molecule has 0 atom stereocenters. The van der Waals surface area contributed by atoms with Gasteiger partial charge in [-0.2, -0.15) is 0 Å². The average molecular weight is 231 g/mol. The van der Waals surface area contributed by atoms with E-state index in [0.717, 1.165) is 13.1 Å². The van der Waals surface area contributed by atoms with Crippen molar-refractivity contribution in [3.63, 3.8) is 0 Å². The fourth-order valence-electron chi connectivity index (χ4n) is 1.76. The molecular formula is C16H25N. The SMILES string of the molecule is CCNCC(=Cc1ccc(C)c(C)c1)C(C)C. The van der Waals surface area contributed by atoms with Gasteiger partial charge in [0.15, 0.2) is 0 Å². The van der Waals surface area contributed by atoms with Gasteiger partial charge in [-0.05, 0) is 43.0 Å². The lowest BCUT2D eigenvalue weighted by atomic mass is 9.98. The smallest absolute Gasteiger partial charge is 0.0170 e. The monoisotopic (exact) mass is 231 g/mol. The van der Waals surface area contributed by atoms with E-state index in [0.29, 0.717) is 5.92 Å². The van der Waals surface area contributed by atoms with Gasteiger partial charge in [-0.25, -0.2) is 0 Å². The number of rotatable bonds is 5. The number of nitrogens with one attached hydrogen (secondary N) is 1. The van der Waals surface area contributed by atoms with Crippen molar-refractivity contribution in [1.82, 2.24) is 5.32 Å². The van der Waals surface area contributed by atoms with E-state index in [9.17, 15) is 0 Å². The second-order valence-electron chi connectivity index (χ2n) is 5.00. The highest BCUT2D eigenvalue weighted by atomic mass is 14.8. The quantitative estimate of drug-likeness (QED) is 0.809. The van der Waals surface area contributed by atoms with E-state index in [1.54, 1.807) is 0 Å². The summed E-state index contributed by atoms with van der Waals surface area (Å²) in [6.07, 6.45) is 2.32. The summed E-state index contributed by atoms with van der Waals surface area (Å²) in [4.78, 5) is 0. The molecule has 0 unspecified atom stereocenters. The molecule has 1 nitrogen and oxygen atoms in total. The molecule has 0 spiro atoms. The Balaban J connectivity index is 2.91. The number of likely N-dealkylation sites (N-methyl/N-ethyl adjacent to an activating group) is 1. The first-order chi connectivity index (χ1) is 8.04. The Bertz CT molecular complexity index is 389. The van der Waals surface area contributed by atoms with E-state index < -0.39 is 0 Å². The van der Waals surface area contributed by atoms with Crippen LogP contribution < -0.4 is 5.32 Å². The van der Waals surface area contributed by atoms with Crippen LogP contribution >= 0.6 is 0 Å². The highest BCUT2D eigenvalue weighted by molar-refractivity contribution is 5.55. The fraction of sp³-hybridized carbons (Fsp3) is 0.500. The van der Waals surface area contributed by atoms with E-state index in [4.69, 9.17) is 0 Å². The molecule has 0 heterocycles. The summed E-state index contributed by atoms with van der Waals surface area (Å²) in [7, 11) is 0. The lowest BCUT2D eigenvalue weighted by molar-refractivity contribution is 0.682. The molecule has 17 heavy (non-hydrogen) atoms. The maximum Gasteiger partial charge on any atom is 0.0170 e. The number of hydrogen-bond donors (Lipinski definition) is 1. The Kier molecular flexibility index (Phi) is 5.43. The van der Waals surface area contributed by atoms with Crippen LogP contribution in [0.3, 0.4) is 0 Å². The van der Waals surface area contributed by atoms with Crippen LogP contribution in [0.15, 0.2) is 23.8 Å². The van der Waals surface area contributed by atoms with Crippen LogP contribution in [0.4, 0.5) is 0 Å². The Hall–Kier alpha value is -1.08. The molecule has 1 N–H and O–H groups in total. The van der Waals surface area contributed by atoms with Gasteiger partial charge in [-0.15, -0.1) is 0 Å². The van der Waals surface area contributed by atoms with Gasteiger partial charge in [-0.3, -0.25) is 0 Å². The summed E-state index contributed by atoms with van der Waals surface area (Å²) in [5.41, 5.74) is 5.51. The molecule has 94 valence electrons. The van der Waals surface area contributed by atoms with Crippen LogP contribution in [-0.2, 0) is 0 Å². The van der Waals surface area contributed by atoms with E-state index in [-0.39, 0.29) is 0 Å². The predicted molar refractivity (Wildman–Crippen MR) is 77.3 cm³/mol. The Morgan fingerprint density at radius 3 is 2.47 bits per heavy atom. The van der Waals surface area contributed by atoms with Gasteiger partial charge in [0, 0.05) is 6.54 Å². The van der Waals surface area contributed by atoms with Crippen molar-refractivity contribution in [2.45, 2.75) is 34.6 Å². The molecule has 1 aromatic rings. The first-order valence-corrected chi connectivity index (χ1v) is 6.53. The van der Waals surface area contributed by atoms with Gasteiger partial charge in [0.05, 0.1) is 0 Å². The molecule has 0 aliphatic heterocycles. The predicted octanol–water partition coefficient (Wildman–Crippen LogP) is 3.95. The molecule has 0 amide bonds. The first-order valence-electron chi connectivity index (χ1n) is 6.53. The molecule has 0 saturated heterocycles. The van der Waals surface area contributed by atoms with Crippen LogP contribution in [0.5, 0.6) is 0 Å². The minimum Gasteiger partial charge on any atom is -0.313 e. The highest BCUT2D eigenvalue weighted by Crippen LogP contribution is 2.16. The molecule has 1 rings (SSSR count). The molecule has 0 aliphatic carbocycles. The summed E-state index contributed by atoms with van der Waals surface area (Å²) in [5, 5.41) is 3.41. The van der Waals surface area contributed by atoms with E-state index in [2.05, 4.69) is 64.2 Å². The van der Waals surface area contributed by atoms with Crippen molar-refractivity contribution < 1.29 is 0 Å². The number of benzene rings is 1. The van der Waals surface area contributed by atoms with Gasteiger partial charge in [0.1, 0.15) is 0 Å². The summed E-state index contributed by atoms with van der Waals surface area (Å²) in [6.45, 7) is 13.0. The second-order valence-corrected chi connectivity index (χ2v) is 5.00. The van der Waals surface area contributed by atoms with Crippen molar-refractivity contribution in [2.75, 3.05) is 13.1 Å². The molecule has 0 radical (unpaired) electrons. The van der Waals surface area contributed by atoms with Gasteiger partial charge in [0.2, 0.25) is 0 Å². The zero-order valence-electron chi connectivity index (χ0n) is 11.8. The lowest BCUT2D eigenvalue weighted by Gasteiger charge is -2.12. The van der Waals surface area contributed by atoms with Gasteiger partial charge in [0.25, 0.3) is 0 Å². The summed E-state index contributed by atoms with van der Waals surface area (Å²) in [5.74, 6) is 0.593. The van der Waals surface area contributed by atoms with E-state index in [1.165, 1.54) is 22.3 Å². The number of aryl methyl sites for hydroxylation is 2. The molecule has 0 aliphatic rings. The van der Waals surface area contributed by atoms with Gasteiger partial charge < -0.3 is 5.32 Å². The third-order valence-electron chi connectivity index (χ3n) is 3.20. The van der Waals surface area contributed by atoms with Crippen molar-refractivity contribution in [1.29, 1.82) is 0 Å². The molecule has 1 aromatic carbocycles. The zero-order chi connectivity index (χ0) is 12.8. The highest BCUT2D eigenvalue weighted by Gasteiger charge is 2.03. The maximum absolute atomic E-state index is 3.41. The molecule has 1 heteroatoms. The van der Waals surface area contributed by atoms with Crippen LogP contribution in [0.25, 0.3) is 6.08 Å². The lowest BCUT2D eigenvalue weighted by Crippen LogP contribution is -2.18. The zero-order valence-corrected chi connectivity index (χ0v) is 11.8. The van der Waals surface area contributed by atoms with Gasteiger partial charge in [-0.1, -0.05) is 50.6 Å². The van der Waals surface area contributed by atoms with Crippen molar-refractivity contribution >= 4 is 6.08 Å². The van der Waals surface area contributed by atoms with Gasteiger partial charge >= 0.3 is 0 Å². The third kappa shape index (κ3) is 4.35. The molecule has 0 saturated carbocycles. The maximum atomic E-state index is 3.41. The molecular weight excluding hydrogens is 206 g/mol. The molecule has 0 bridgehead atoms. The normalized spacial score (nSPS) is 12.2. The Morgan fingerprint density at radius 1 is 1.24 bits per heavy atom. The standard InChI is InChI=1S/C16H25N/c1-6-17-11-16(12(2)3)10-15-8-7-13(4)14(5)9-15/h7-10,12,17H,6,11H2,1-5H3. The average Bonchev–Trinajstić information content (AvgIpc) is 2.28. The third-order valence-corrected chi connectivity index (χ3v) is 3.20. The van der Waals surface area contributed by atoms with E-state index in [1.807, 2.05) is 0 Å². The van der Waals surface area contributed by atoms with Crippen molar-refractivity contribution in [3.8, 4) is 0 Å². The Labute approximate surface area is 106 Å². The molecule has 0 fully saturated rings. The second kappa shape index (κ2) is 6.61. The minimum absolute atomic E-state index is 0.593. The van der Waals surface area contributed by atoms with Crippen LogP contribution in [-0.4, -0.2) is 13.1 Å². The topological polar surface area (TPSA) is 12.0 Å². The van der Waals surface area contributed by atoms with Crippen LogP contribution in [0.1, 0.15) is 37.5 Å². The Morgan fingerprint density at radius 2 is 1.94 bits per heavy atom. The van der Waals surface area contributed by atoms with Crippen molar-refractivity contribution in [3.05, 3.63) is 40.5 Å². The van der Waals surface area contributed by atoms with Crippen molar-refractivity contribution in [2.24, 2.45) is 5.92 Å². The minimum atomic E-state index is 0.593. The summed E-state index contributed by atoms with van der Waals surface area (Å²) in [6, 6.07) is 6.67. The summed E-state index contributed by atoms with van der Waals surface area (Å²) < 4.78 is 0. The fourth-order valence-corrected chi connectivity index (χ4v) is 1.76. The van der Waals surface area contributed by atoms with Crippen LogP contribution in [0, 0.1) is 19.8 Å².